The Kier molecular flexibility index (Phi) is 6.76. The first-order valence-electron chi connectivity index (χ1n) is 18.8. The minimum absolute atomic E-state index is 0.656. The zero-order valence-electron chi connectivity index (χ0n) is 30.0. The van der Waals surface area contributed by atoms with Crippen molar-refractivity contribution >= 4 is 85.6 Å². The standard InChI is InChI=1S/C51H30N4S/c1-2-12-32(13-3-1)49-52-50(38-22-21-31-11-4-5-14-33(31)25-38)54-51(53-49)41-19-10-20-46-48(41)40-24-23-39(30-47(40)56-46)55-44-28-36-17-8-6-15-34(36)26-42(44)43-27-35-16-7-9-18-37(35)29-45(43)55/h1-30H. The van der Waals surface area contributed by atoms with E-state index in [1.807, 2.05) is 29.5 Å². The summed E-state index contributed by atoms with van der Waals surface area (Å²) >= 11 is 1.82. The lowest BCUT2D eigenvalue weighted by Gasteiger charge is -2.11. The van der Waals surface area contributed by atoms with E-state index in [4.69, 9.17) is 15.0 Å². The molecule has 0 aliphatic rings. The van der Waals surface area contributed by atoms with Gasteiger partial charge in [-0.05, 0) is 80.8 Å². The van der Waals surface area contributed by atoms with E-state index >= 15 is 0 Å². The number of benzene rings is 9. The Hall–Kier alpha value is -7.21. The molecule has 12 aromatic rings. The number of nitrogens with zero attached hydrogens (tertiary/aromatic N) is 4. The van der Waals surface area contributed by atoms with Gasteiger partial charge >= 0.3 is 0 Å². The number of hydrogen-bond acceptors (Lipinski definition) is 4. The van der Waals surface area contributed by atoms with Crippen LogP contribution in [-0.2, 0) is 0 Å². The first kappa shape index (κ1) is 31.2. The highest BCUT2D eigenvalue weighted by Gasteiger charge is 2.19. The first-order valence-corrected chi connectivity index (χ1v) is 19.7. The predicted octanol–water partition coefficient (Wildman–Crippen LogP) is 13.8. The maximum Gasteiger partial charge on any atom is 0.164 e. The Morgan fingerprint density at radius 2 is 0.929 bits per heavy atom. The zero-order valence-corrected chi connectivity index (χ0v) is 30.8. The number of thiophene rings is 1. The van der Waals surface area contributed by atoms with Gasteiger partial charge < -0.3 is 4.57 Å². The molecular formula is C51H30N4S. The Balaban J connectivity index is 1.07. The van der Waals surface area contributed by atoms with Crippen LogP contribution in [0.2, 0.25) is 0 Å². The van der Waals surface area contributed by atoms with E-state index in [-0.39, 0.29) is 0 Å². The number of aromatic nitrogens is 4. The molecule has 0 saturated carbocycles. The van der Waals surface area contributed by atoms with Gasteiger partial charge in [0.1, 0.15) is 0 Å². The van der Waals surface area contributed by atoms with Crippen molar-refractivity contribution in [2.75, 3.05) is 0 Å². The van der Waals surface area contributed by atoms with Crippen LogP contribution in [0.5, 0.6) is 0 Å². The summed E-state index contributed by atoms with van der Waals surface area (Å²) < 4.78 is 4.86. The summed E-state index contributed by atoms with van der Waals surface area (Å²) in [6.45, 7) is 0. The lowest BCUT2D eigenvalue weighted by molar-refractivity contribution is 1.08. The summed E-state index contributed by atoms with van der Waals surface area (Å²) in [5, 5.41) is 12.2. The van der Waals surface area contributed by atoms with Gasteiger partial charge in [0.25, 0.3) is 0 Å². The van der Waals surface area contributed by atoms with E-state index in [2.05, 4.69) is 168 Å². The molecule has 0 fully saturated rings. The van der Waals surface area contributed by atoms with Gasteiger partial charge in [0.2, 0.25) is 0 Å². The monoisotopic (exact) mass is 730 g/mol. The van der Waals surface area contributed by atoms with Gasteiger partial charge in [-0.1, -0.05) is 133 Å². The van der Waals surface area contributed by atoms with Crippen LogP contribution in [0.3, 0.4) is 0 Å². The molecule has 12 rings (SSSR count). The number of rotatable bonds is 4. The average Bonchev–Trinajstić information content (AvgIpc) is 3.79. The molecule has 5 heteroatoms. The molecule has 0 spiro atoms. The molecule has 3 aromatic heterocycles. The Bertz CT molecular complexity index is 3450. The van der Waals surface area contributed by atoms with E-state index in [9.17, 15) is 0 Å². The molecule has 0 bridgehead atoms. The Morgan fingerprint density at radius 3 is 1.61 bits per heavy atom. The molecule has 0 radical (unpaired) electrons. The molecular weight excluding hydrogens is 701 g/mol. The molecule has 0 aliphatic carbocycles. The minimum atomic E-state index is 0.656. The normalized spacial score (nSPS) is 11.9. The zero-order chi connectivity index (χ0) is 36.7. The van der Waals surface area contributed by atoms with E-state index in [1.165, 1.54) is 63.5 Å². The quantitative estimate of drug-likeness (QED) is 0.181. The minimum Gasteiger partial charge on any atom is -0.309 e. The van der Waals surface area contributed by atoms with Gasteiger partial charge in [-0.15, -0.1) is 11.3 Å². The average molecular weight is 731 g/mol. The molecule has 0 aliphatic heterocycles. The van der Waals surface area contributed by atoms with Gasteiger partial charge in [0, 0.05) is 53.3 Å². The third-order valence-corrected chi connectivity index (χ3v) is 12.3. The first-order chi connectivity index (χ1) is 27.7. The van der Waals surface area contributed by atoms with Crippen LogP contribution in [-0.4, -0.2) is 19.5 Å². The third-order valence-electron chi connectivity index (χ3n) is 11.2. The molecule has 0 amide bonds. The van der Waals surface area contributed by atoms with Gasteiger partial charge in [-0.25, -0.2) is 15.0 Å². The SMILES string of the molecule is c1ccc(-c2nc(-c3ccc4ccccc4c3)nc(-c3cccc4sc5cc(-n6c7cc8ccccc8cc7c7cc8ccccc8cc76)ccc5c34)n2)cc1. The second-order valence-corrected chi connectivity index (χ2v) is 15.5. The van der Waals surface area contributed by atoms with Crippen LogP contribution in [0, 0.1) is 0 Å². The second kappa shape index (κ2) is 12.2. The van der Waals surface area contributed by atoms with E-state index in [0.29, 0.717) is 17.5 Å². The van der Waals surface area contributed by atoms with Gasteiger partial charge in [0.05, 0.1) is 11.0 Å². The fourth-order valence-electron chi connectivity index (χ4n) is 8.48. The van der Waals surface area contributed by atoms with Crippen molar-refractivity contribution in [3.8, 4) is 39.9 Å². The molecule has 260 valence electrons. The Labute approximate surface area is 325 Å². The maximum absolute atomic E-state index is 5.20. The van der Waals surface area contributed by atoms with E-state index < -0.39 is 0 Å². The molecule has 9 aromatic carbocycles. The molecule has 0 saturated heterocycles. The van der Waals surface area contributed by atoms with Gasteiger partial charge in [-0.3, -0.25) is 0 Å². The molecule has 0 unspecified atom stereocenters. The molecule has 0 N–H and O–H groups in total. The predicted molar refractivity (Wildman–Crippen MR) is 236 cm³/mol. The summed E-state index contributed by atoms with van der Waals surface area (Å²) in [5.41, 5.74) is 6.46. The van der Waals surface area contributed by atoms with Crippen LogP contribution < -0.4 is 0 Å². The van der Waals surface area contributed by atoms with Gasteiger partial charge in [-0.2, -0.15) is 0 Å². The smallest absolute Gasteiger partial charge is 0.164 e. The summed E-state index contributed by atoms with van der Waals surface area (Å²) in [4.78, 5) is 15.4. The molecule has 56 heavy (non-hydrogen) atoms. The fraction of sp³-hybridized carbons (Fsp3) is 0. The van der Waals surface area contributed by atoms with Crippen LogP contribution >= 0.6 is 11.3 Å². The molecule has 0 atom stereocenters. The summed E-state index contributed by atoms with van der Waals surface area (Å²) in [6.07, 6.45) is 0. The van der Waals surface area contributed by atoms with E-state index in [0.717, 1.165) is 33.2 Å². The number of hydrogen-bond donors (Lipinski definition) is 0. The fourth-order valence-corrected chi connectivity index (χ4v) is 9.64. The highest BCUT2D eigenvalue weighted by Crippen LogP contribution is 2.43. The van der Waals surface area contributed by atoms with Crippen molar-refractivity contribution in [1.29, 1.82) is 0 Å². The van der Waals surface area contributed by atoms with Gasteiger partial charge in [0.15, 0.2) is 17.5 Å². The molecule has 3 heterocycles. The largest absolute Gasteiger partial charge is 0.309 e. The summed E-state index contributed by atoms with van der Waals surface area (Å²) in [6, 6.07) is 65.2. The van der Waals surface area contributed by atoms with Crippen molar-refractivity contribution in [2.45, 2.75) is 0 Å². The Morgan fingerprint density at radius 1 is 0.357 bits per heavy atom. The topological polar surface area (TPSA) is 43.6 Å². The lowest BCUT2D eigenvalue weighted by atomic mass is 10.0. The van der Waals surface area contributed by atoms with Crippen molar-refractivity contribution in [2.24, 2.45) is 0 Å². The second-order valence-electron chi connectivity index (χ2n) is 14.5. The van der Waals surface area contributed by atoms with Crippen molar-refractivity contribution in [1.82, 2.24) is 19.5 Å². The maximum atomic E-state index is 5.20. The lowest BCUT2D eigenvalue weighted by Crippen LogP contribution is -2.00. The summed E-state index contributed by atoms with van der Waals surface area (Å²) in [5.74, 6) is 1.98. The third kappa shape index (κ3) is 4.88. The molecule has 4 nitrogen and oxygen atoms in total. The van der Waals surface area contributed by atoms with Crippen LogP contribution in [0.4, 0.5) is 0 Å². The number of fused-ring (bicyclic) bond motifs is 9. The highest BCUT2D eigenvalue weighted by atomic mass is 32.1. The van der Waals surface area contributed by atoms with Crippen molar-refractivity contribution in [3.63, 3.8) is 0 Å². The summed E-state index contributed by atoms with van der Waals surface area (Å²) in [7, 11) is 0. The van der Waals surface area contributed by atoms with Crippen molar-refractivity contribution < 1.29 is 0 Å². The van der Waals surface area contributed by atoms with Crippen LogP contribution in [0.15, 0.2) is 182 Å². The van der Waals surface area contributed by atoms with Crippen LogP contribution in [0.1, 0.15) is 0 Å². The van der Waals surface area contributed by atoms with E-state index in [1.54, 1.807) is 0 Å². The van der Waals surface area contributed by atoms with Crippen LogP contribution in [0.25, 0.3) is 114 Å². The highest BCUT2D eigenvalue weighted by molar-refractivity contribution is 7.26. The van der Waals surface area contributed by atoms with Crippen molar-refractivity contribution in [3.05, 3.63) is 182 Å².